The summed E-state index contributed by atoms with van der Waals surface area (Å²) in [5, 5.41) is 1.24. The van der Waals surface area contributed by atoms with Crippen molar-refractivity contribution in [1.82, 2.24) is 0 Å². The summed E-state index contributed by atoms with van der Waals surface area (Å²) in [5.41, 5.74) is 0.578. The Morgan fingerprint density at radius 3 is 2.74 bits per heavy atom. The fourth-order valence-corrected chi connectivity index (χ4v) is 2.93. The molecule has 0 saturated heterocycles. The highest BCUT2D eigenvalue weighted by Gasteiger charge is 2.08. The van der Waals surface area contributed by atoms with Crippen LogP contribution in [0.1, 0.15) is 0 Å². The standard InChI is InChI=1S/C15H9ClO2S/c16-10-4-3-5-11(8-10)19-14-9-18-13-7-2-1-6-12(13)15(14)17/h1-9H. The number of halogens is 1. The van der Waals surface area contributed by atoms with Gasteiger partial charge in [-0.15, -0.1) is 0 Å². The fraction of sp³-hybridized carbons (Fsp3) is 0. The molecule has 0 unspecified atom stereocenters. The first-order valence-corrected chi connectivity index (χ1v) is 6.87. The summed E-state index contributed by atoms with van der Waals surface area (Å²) in [4.78, 5) is 13.8. The molecule has 0 bridgehead atoms. The van der Waals surface area contributed by atoms with Crippen molar-refractivity contribution in [3.63, 3.8) is 0 Å². The summed E-state index contributed by atoms with van der Waals surface area (Å²) in [6.07, 6.45) is 1.50. The molecular weight excluding hydrogens is 280 g/mol. The number of rotatable bonds is 2. The third kappa shape index (κ3) is 2.53. The largest absolute Gasteiger partial charge is 0.463 e. The molecule has 0 spiro atoms. The van der Waals surface area contributed by atoms with E-state index in [-0.39, 0.29) is 5.43 Å². The average molecular weight is 289 g/mol. The molecule has 0 aliphatic heterocycles. The molecule has 3 rings (SSSR count). The maximum Gasteiger partial charge on any atom is 0.206 e. The summed E-state index contributed by atoms with van der Waals surface area (Å²) in [6.45, 7) is 0. The highest BCUT2D eigenvalue weighted by Crippen LogP contribution is 2.28. The molecule has 1 aromatic heterocycles. The molecule has 0 aliphatic rings. The molecule has 2 nitrogen and oxygen atoms in total. The van der Waals surface area contributed by atoms with Crippen LogP contribution >= 0.6 is 23.4 Å². The Balaban J connectivity index is 2.06. The highest BCUT2D eigenvalue weighted by molar-refractivity contribution is 7.99. The van der Waals surface area contributed by atoms with Crippen molar-refractivity contribution in [3.8, 4) is 0 Å². The Morgan fingerprint density at radius 2 is 1.89 bits per heavy atom. The first kappa shape index (κ1) is 12.3. The van der Waals surface area contributed by atoms with E-state index in [1.807, 2.05) is 30.3 Å². The molecule has 94 valence electrons. The van der Waals surface area contributed by atoms with Gasteiger partial charge in [0.25, 0.3) is 0 Å². The number of hydrogen-bond donors (Lipinski definition) is 0. The lowest BCUT2D eigenvalue weighted by atomic mass is 10.2. The van der Waals surface area contributed by atoms with Crippen molar-refractivity contribution in [2.45, 2.75) is 9.79 Å². The molecule has 0 saturated carbocycles. The van der Waals surface area contributed by atoms with Crippen molar-refractivity contribution in [1.29, 1.82) is 0 Å². The Kier molecular flexibility index (Phi) is 3.32. The fourth-order valence-electron chi connectivity index (χ4n) is 1.79. The Morgan fingerprint density at radius 1 is 1.05 bits per heavy atom. The second-order valence-electron chi connectivity index (χ2n) is 3.98. The van der Waals surface area contributed by atoms with Gasteiger partial charge in [0.15, 0.2) is 0 Å². The first-order chi connectivity index (χ1) is 9.24. The van der Waals surface area contributed by atoms with E-state index in [4.69, 9.17) is 16.0 Å². The van der Waals surface area contributed by atoms with Gasteiger partial charge in [0.05, 0.1) is 10.3 Å². The average Bonchev–Trinajstić information content (AvgIpc) is 2.42. The van der Waals surface area contributed by atoms with Crippen LogP contribution < -0.4 is 5.43 Å². The van der Waals surface area contributed by atoms with Gasteiger partial charge in [0.2, 0.25) is 5.43 Å². The Hall–Kier alpha value is -1.71. The molecule has 0 fully saturated rings. The number of fused-ring (bicyclic) bond motifs is 1. The zero-order chi connectivity index (χ0) is 13.2. The Bertz CT molecular complexity index is 795. The smallest absolute Gasteiger partial charge is 0.206 e. The molecule has 0 atom stereocenters. The number of hydrogen-bond acceptors (Lipinski definition) is 3. The van der Waals surface area contributed by atoms with Crippen LogP contribution in [0.3, 0.4) is 0 Å². The molecule has 4 heteroatoms. The minimum Gasteiger partial charge on any atom is -0.463 e. The number of para-hydroxylation sites is 1. The van der Waals surface area contributed by atoms with Crippen LogP contribution in [0.5, 0.6) is 0 Å². The zero-order valence-corrected chi connectivity index (χ0v) is 11.4. The lowest BCUT2D eigenvalue weighted by Gasteiger charge is -2.02. The van der Waals surface area contributed by atoms with Crippen molar-refractivity contribution in [3.05, 3.63) is 70.0 Å². The summed E-state index contributed by atoms with van der Waals surface area (Å²) in [5.74, 6) is 0. The third-order valence-corrected chi connectivity index (χ3v) is 3.90. The van der Waals surface area contributed by atoms with E-state index >= 15 is 0 Å². The van der Waals surface area contributed by atoms with Gasteiger partial charge in [-0.2, -0.15) is 0 Å². The second-order valence-corrected chi connectivity index (χ2v) is 5.54. The van der Waals surface area contributed by atoms with E-state index in [0.717, 1.165) is 4.90 Å². The minimum atomic E-state index is -0.0215. The molecule has 2 aromatic carbocycles. The van der Waals surface area contributed by atoms with Gasteiger partial charge in [-0.1, -0.05) is 41.6 Å². The van der Waals surface area contributed by atoms with Crippen molar-refractivity contribution < 1.29 is 4.42 Å². The monoisotopic (exact) mass is 288 g/mol. The SMILES string of the molecule is O=c1c(Sc2cccc(Cl)c2)coc2ccccc12. The molecule has 0 aliphatic carbocycles. The van der Waals surface area contributed by atoms with E-state index in [0.29, 0.717) is 20.9 Å². The van der Waals surface area contributed by atoms with Gasteiger partial charge < -0.3 is 4.42 Å². The quantitative estimate of drug-likeness (QED) is 0.690. The van der Waals surface area contributed by atoms with Crippen LogP contribution in [0.15, 0.2) is 73.8 Å². The van der Waals surface area contributed by atoms with Gasteiger partial charge in [0.1, 0.15) is 11.8 Å². The maximum absolute atomic E-state index is 12.3. The lowest BCUT2D eigenvalue weighted by molar-refractivity contribution is 0.587. The molecule has 0 N–H and O–H groups in total. The summed E-state index contributed by atoms with van der Waals surface area (Å²) in [7, 11) is 0. The van der Waals surface area contributed by atoms with Gasteiger partial charge >= 0.3 is 0 Å². The topological polar surface area (TPSA) is 30.2 Å². The van der Waals surface area contributed by atoms with E-state index in [2.05, 4.69) is 0 Å². The van der Waals surface area contributed by atoms with Gasteiger partial charge in [-0.25, -0.2) is 0 Å². The van der Waals surface area contributed by atoms with Crippen LogP contribution in [-0.2, 0) is 0 Å². The summed E-state index contributed by atoms with van der Waals surface area (Å²) in [6, 6.07) is 14.6. The summed E-state index contributed by atoms with van der Waals surface area (Å²) >= 11 is 7.28. The predicted molar refractivity (Wildman–Crippen MR) is 78.1 cm³/mol. The van der Waals surface area contributed by atoms with Crippen LogP contribution in [0.25, 0.3) is 11.0 Å². The second kappa shape index (κ2) is 5.11. The van der Waals surface area contributed by atoms with Crippen LogP contribution in [0.2, 0.25) is 5.02 Å². The number of benzene rings is 2. The molecular formula is C15H9ClO2S. The summed E-state index contributed by atoms with van der Waals surface area (Å²) < 4.78 is 5.47. The molecule has 0 radical (unpaired) electrons. The van der Waals surface area contributed by atoms with E-state index in [1.54, 1.807) is 18.2 Å². The molecule has 3 aromatic rings. The van der Waals surface area contributed by atoms with Gasteiger partial charge in [-0.3, -0.25) is 4.79 Å². The minimum absolute atomic E-state index is 0.0215. The van der Waals surface area contributed by atoms with E-state index < -0.39 is 0 Å². The lowest BCUT2D eigenvalue weighted by Crippen LogP contribution is -2.03. The van der Waals surface area contributed by atoms with Crippen molar-refractivity contribution in [2.75, 3.05) is 0 Å². The van der Waals surface area contributed by atoms with Crippen molar-refractivity contribution >= 4 is 34.3 Å². The van der Waals surface area contributed by atoms with Gasteiger partial charge in [0, 0.05) is 9.92 Å². The van der Waals surface area contributed by atoms with Crippen LogP contribution in [-0.4, -0.2) is 0 Å². The third-order valence-electron chi connectivity index (χ3n) is 2.67. The first-order valence-electron chi connectivity index (χ1n) is 5.68. The van der Waals surface area contributed by atoms with E-state index in [9.17, 15) is 4.79 Å². The predicted octanol–water partition coefficient (Wildman–Crippen LogP) is 4.60. The molecule has 19 heavy (non-hydrogen) atoms. The highest BCUT2D eigenvalue weighted by atomic mass is 35.5. The molecule has 1 heterocycles. The van der Waals surface area contributed by atoms with Crippen molar-refractivity contribution in [2.24, 2.45) is 0 Å². The van der Waals surface area contributed by atoms with Crippen LogP contribution in [0.4, 0.5) is 0 Å². The van der Waals surface area contributed by atoms with E-state index in [1.165, 1.54) is 18.0 Å². The Labute approximate surface area is 119 Å². The maximum atomic E-state index is 12.3. The normalized spacial score (nSPS) is 10.8. The van der Waals surface area contributed by atoms with Crippen LogP contribution in [0, 0.1) is 0 Å². The zero-order valence-electron chi connectivity index (χ0n) is 9.80. The molecule has 0 amide bonds. The van der Waals surface area contributed by atoms with Gasteiger partial charge in [-0.05, 0) is 30.3 Å².